The zero-order chi connectivity index (χ0) is 20.0. The lowest BCUT2D eigenvalue weighted by Crippen LogP contribution is -2.21. The van der Waals surface area contributed by atoms with Gasteiger partial charge in [-0.05, 0) is 50.1 Å². The van der Waals surface area contributed by atoms with E-state index in [2.05, 4.69) is 5.32 Å². The van der Waals surface area contributed by atoms with Crippen molar-refractivity contribution in [1.82, 2.24) is 0 Å². The summed E-state index contributed by atoms with van der Waals surface area (Å²) in [6.07, 6.45) is 0. The molecule has 144 valence electrons. The number of aryl methyl sites for hydroxylation is 2. The number of hydrogen-bond acceptors (Lipinski definition) is 5. The van der Waals surface area contributed by atoms with Crippen molar-refractivity contribution in [3.8, 4) is 11.5 Å². The highest BCUT2D eigenvalue weighted by atomic mass is 35.5. The van der Waals surface area contributed by atoms with Crippen molar-refractivity contribution in [3.05, 3.63) is 52.0 Å². The fourth-order valence-corrected chi connectivity index (χ4v) is 2.66. The zero-order valence-corrected chi connectivity index (χ0v) is 16.5. The van der Waals surface area contributed by atoms with E-state index in [0.29, 0.717) is 23.8 Å². The minimum Gasteiger partial charge on any atom is -0.493 e. The van der Waals surface area contributed by atoms with Crippen molar-refractivity contribution in [2.24, 2.45) is 0 Å². The first kappa shape index (κ1) is 20.6. The Balaban J connectivity index is 2.03. The number of hydrogen-bond donors (Lipinski definition) is 1. The molecule has 0 spiro atoms. The number of benzene rings is 2. The third kappa shape index (κ3) is 5.37. The van der Waals surface area contributed by atoms with Crippen LogP contribution in [-0.4, -0.2) is 32.2 Å². The van der Waals surface area contributed by atoms with E-state index < -0.39 is 18.5 Å². The number of anilines is 1. The summed E-state index contributed by atoms with van der Waals surface area (Å²) in [4.78, 5) is 24.3. The Morgan fingerprint density at radius 3 is 2.56 bits per heavy atom. The number of ether oxygens (including phenoxy) is 3. The summed E-state index contributed by atoms with van der Waals surface area (Å²) in [6, 6.07) is 8.59. The van der Waals surface area contributed by atoms with Crippen molar-refractivity contribution in [2.75, 3.05) is 25.6 Å². The van der Waals surface area contributed by atoms with Gasteiger partial charge in [-0.3, -0.25) is 4.79 Å². The number of carbonyl (C=O) groups is 2. The summed E-state index contributed by atoms with van der Waals surface area (Å²) in [5.41, 5.74) is 2.79. The van der Waals surface area contributed by atoms with Gasteiger partial charge in [0.1, 0.15) is 0 Å². The van der Waals surface area contributed by atoms with Gasteiger partial charge in [0.25, 0.3) is 5.91 Å². The van der Waals surface area contributed by atoms with Crippen LogP contribution in [0.3, 0.4) is 0 Å². The lowest BCUT2D eigenvalue weighted by molar-refractivity contribution is -0.119. The van der Waals surface area contributed by atoms with Crippen LogP contribution in [0.15, 0.2) is 30.3 Å². The van der Waals surface area contributed by atoms with E-state index in [1.54, 1.807) is 0 Å². The van der Waals surface area contributed by atoms with Crippen LogP contribution in [0.4, 0.5) is 5.69 Å². The molecule has 0 atom stereocenters. The second-order valence-electron chi connectivity index (χ2n) is 5.87. The van der Waals surface area contributed by atoms with Gasteiger partial charge in [-0.25, -0.2) is 4.79 Å². The van der Waals surface area contributed by atoms with Crippen LogP contribution in [0, 0.1) is 13.8 Å². The molecule has 0 aliphatic rings. The Morgan fingerprint density at radius 1 is 1.15 bits per heavy atom. The number of nitrogens with one attached hydrogen (secondary N) is 1. The van der Waals surface area contributed by atoms with Gasteiger partial charge in [0, 0.05) is 5.69 Å². The number of carbonyl (C=O) groups excluding carboxylic acids is 2. The predicted molar refractivity (Wildman–Crippen MR) is 104 cm³/mol. The molecule has 7 heteroatoms. The standard InChI is InChI=1S/C20H22ClNO5/c1-5-26-19-15(21)9-14(10-17(19)25-4)20(24)27-11-18(23)22-16-8-12(2)6-7-13(16)3/h6-10H,5,11H2,1-4H3,(H,22,23). The first-order valence-corrected chi connectivity index (χ1v) is 8.78. The van der Waals surface area contributed by atoms with Crippen LogP contribution in [0.5, 0.6) is 11.5 Å². The number of amides is 1. The highest BCUT2D eigenvalue weighted by Crippen LogP contribution is 2.36. The predicted octanol–water partition coefficient (Wildman–Crippen LogP) is 4.16. The number of methoxy groups -OCH3 is 1. The smallest absolute Gasteiger partial charge is 0.338 e. The second-order valence-corrected chi connectivity index (χ2v) is 6.27. The second kappa shape index (κ2) is 9.28. The summed E-state index contributed by atoms with van der Waals surface area (Å²) in [6.45, 7) is 5.61. The lowest BCUT2D eigenvalue weighted by Gasteiger charge is -2.13. The molecular weight excluding hydrogens is 370 g/mol. The van der Waals surface area contributed by atoms with Gasteiger partial charge in [0.15, 0.2) is 18.1 Å². The van der Waals surface area contributed by atoms with Crippen LogP contribution in [-0.2, 0) is 9.53 Å². The van der Waals surface area contributed by atoms with Crippen molar-refractivity contribution in [2.45, 2.75) is 20.8 Å². The Hall–Kier alpha value is -2.73. The molecule has 0 heterocycles. The average molecular weight is 392 g/mol. The molecule has 0 aromatic heterocycles. The molecule has 1 amide bonds. The van der Waals surface area contributed by atoms with Gasteiger partial charge in [-0.1, -0.05) is 23.7 Å². The summed E-state index contributed by atoms with van der Waals surface area (Å²) in [5.74, 6) is -0.447. The molecule has 0 aliphatic heterocycles. The molecule has 0 bridgehead atoms. The van der Waals surface area contributed by atoms with E-state index >= 15 is 0 Å². The lowest BCUT2D eigenvalue weighted by atomic mass is 10.1. The minimum absolute atomic E-state index is 0.167. The van der Waals surface area contributed by atoms with Crippen molar-refractivity contribution in [1.29, 1.82) is 0 Å². The van der Waals surface area contributed by atoms with Crippen LogP contribution in [0.25, 0.3) is 0 Å². The molecule has 0 unspecified atom stereocenters. The molecule has 2 aromatic rings. The maximum Gasteiger partial charge on any atom is 0.338 e. The van der Waals surface area contributed by atoms with Gasteiger partial charge < -0.3 is 19.5 Å². The normalized spacial score (nSPS) is 10.3. The maximum atomic E-state index is 12.3. The number of halogens is 1. The van der Waals surface area contributed by atoms with Crippen LogP contribution in [0.2, 0.25) is 5.02 Å². The van der Waals surface area contributed by atoms with Crippen LogP contribution in [0.1, 0.15) is 28.4 Å². The monoisotopic (exact) mass is 391 g/mol. The fourth-order valence-electron chi connectivity index (χ4n) is 2.39. The Labute approximate surface area is 163 Å². The molecule has 1 N–H and O–H groups in total. The maximum absolute atomic E-state index is 12.3. The minimum atomic E-state index is -0.686. The summed E-state index contributed by atoms with van der Waals surface area (Å²) >= 11 is 6.15. The fraction of sp³-hybridized carbons (Fsp3) is 0.300. The van der Waals surface area contributed by atoms with Crippen molar-refractivity contribution >= 4 is 29.2 Å². The Bertz CT molecular complexity index is 851. The summed E-state index contributed by atoms with van der Waals surface area (Å²) in [5, 5.41) is 2.96. The first-order valence-electron chi connectivity index (χ1n) is 8.40. The summed E-state index contributed by atoms with van der Waals surface area (Å²) < 4.78 is 15.7. The van der Waals surface area contributed by atoms with E-state index in [1.807, 2.05) is 39.0 Å². The molecule has 6 nitrogen and oxygen atoms in total. The van der Waals surface area contributed by atoms with Gasteiger partial charge in [-0.2, -0.15) is 0 Å². The SMILES string of the molecule is CCOc1c(Cl)cc(C(=O)OCC(=O)Nc2cc(C)ccc2C)cc1OC. The highest BCUT2D eigenvalue weighted by molar-refractivity contribution is 6.32. The van der Waals surface area contributed by atoms with Crippen LogP contribution < -0.4 is 14.8 Å². The molecule has 0 saturated carbocycles. The van der Waals surface area contributed by atoms with Crippen molar-refractivity contribution in [3.63, 3.8) is 0 Å². The Morgan fingerprint density at radius 2 is 1.89 bits per heavy atom. The van der Waals surface area contributed by atoms with Gasteiger partial charge in [0.05, 0.1) is 24.3 Å². The number of esters is 1. The molecule has 0 saturated heterocycles. The molecule has 27 heavy (non-hydrogen) atoms. The van der Waals surface area contributed by atoms with Crippen LogP contribution >= 0.6 is 11.6 Å². The third-order valence-corrected chi connectivity index (χ3v) is 4.04. The highest BCUT2D eigenvalue weighted by Gasteiger charge is 2.17. The van der Waals surface area contributed by atoms with E-state index in [0.717, 1.165) is 11.1 Å². The van der Waals surface area contributed by atoms with E-state index in [-0.39, 0.29) is 10.6 Å². The molecular formula is C20H22ClNO5. The first-order chi connectivity index (χ1) is 12.8. The molecule has 2 rings (SSSR count). The van der Waals surface area contributed by atoms with E-state index in [9.17, 15) is 9.59 Å². The van der Waals surface area contributed by atoms with Crippen molar-refractivity contribution < 1.29 is 23.8 Å². The average Bonchev–Trinajstić information content (AvgIpc) is 2.64. The van der Waals surface area contributed by atoms with Gasteiger partial charge >= 0.3 is 5.97 Å². The topological polar surface area (TPSA) is 73.9 Å². The largest absolute Gasteiger partial charge is 0.493 e. The molecule has 0 radical (unpaired) electrons. The molecule has 2 aromatic carbocycles. The van der Waals surface area contributed by atoms with E-state index in [1.165, 1.54) is 19.2 Å². The zero-order valence-electron chi connectivity index (χ0n) is 15.7. The Kier molecular flexibility index (Phi) is 7.07. The summed E-state index contributed by atoms with van der Waals surface area (Å²) in [7, 11) is 1.45. The van der Waals surface area contributed by atoms with Gasteiger partial charge in [0.2, 0.25) is 0 Å². The number of rotatable bonds is 7. The van der Waals surface area contributed by atoms with Gasteiger partial charge in [-0.15, -0.1) is 0 Å². The third-order valence-electron chi connectivity index (χ3n) is 3.76. The quantitative estimate of drug-likeness (QED) is 0.717. The molecule has 0 aliphatic carbocycles. The van der Waals surface area contributed by atoms with E-state index in [4.69, 9.17) is 25.8 Å². The molecule has 0 fully saturated rings.